The maximum absolute atomic E-state index is 12.7. The van der Waals surface area contributed by atoms with E-state index in [0.717, 1.165) is 27.1 Å². The molecule has 0 fully saturated rings. The van der Waals surface area contributed by atoms with Crippen molar-refractivity contribution < 1.29 is 0 Å². The first-order valence-electron chi connectivity index (χ1n) is 7.30. The molecule has 0 bridgehead atoms. The van der Waals surface area contributed by atoms with Crippen molar-refractivity contribution in [1.29, 1.82) is 0 Å². The van der Waals surface area contributed by atoms with Gasteiger partial charge in [0.25, 0.3) is 5.56 Å². The van der Waals surface area contributed by atoms with Gasteiger partial charge >= 0.3 is 0 Å². The third kappa shape index (κ3) is 2.42. The second-order valence-corrected chi connectivity index (χ2v) is 6.69. The van der Waals surface area contributed by atoms with Crippen molar-refractivity contribution in [2.45, 2.75) is 0 Å². The Morgan fingerprint density at radius 1 is 1.04 bits per heavy atom. The van der Waals surface area contributed by atoms with E-state index in [2.05, 4.69) is 10.1 Å². The molecule has 0 aliphatic carbocycles. The van der Waals surface area contributed by atoms with Crippen LogP contribution >= 0.6 is 22.9 Å². The normalized spacial score (nSPS) is 11.1. The van der Waals surface area contributed by atoms with Crippen LogP contribution in [0.5, 0.6) is 0 Å². The lowest BCUT2D eigenvalue weighted by molar-refractivity contribution is 0.723. The largest absolute Gasteiger partial charge is 0.275 e. The second-order valence-electron chi connectivity index (χ2n) is 5.37. The first-order valence-corrected chi connectivity index (χ1v) is 8.56. The molecule has 0 atom stereocenters. The molecule has 6 heteroatoms. The zero-order chi connectivity index (χ0) is 16.7. The molecule has 4 aromatic rings. The molecule has 3 heterocycles. The molecule has 0 N–H and O–H groups in total. The Balaban J connectivity index is 2.04. The van der Waals surface area contributed by atoms with Crippen LogP contribution < -0.4 is 5.56 Å². The predicted octanol–water partition coefficient (Wildman–Crippen LogP) is 4.38. The Kier molecular flexibility index (Phi) is 3.67. The van der Waals surface area contributed by atoms with Gasteiger partial charge in [0.2, 0.25) is 0 Å². The number of aryl methyl sites for hydroxylation is 1. The summed E-state index contributed by atoms with van der Waals surface area (Å²) in [5.74, 6) is 0. The van der Waals surface area contributed by atoms with Crippen molar-refractivity contribution in [1.82, 2.24) is 14.8 Å². The zero-order valence-electron chi connectivity index (χ0n) is 12.7. The van der Waals surface area contributed by atoms with Gasteiger partial charge in [0.15, 0.2) is 0 Å². The average molecular weight is 354 g/mol. The molecule has 0 aliphatic heterocycles. The molecule has 4 rings (SSSR count). The van der Waals surface area contributed by atoms with Crippen LogP contribution in [0, 0.1) is 0 Å². The zero-order valence-corrected chi connectivity index (χ0v) is 14.3. The van der Waals surface area contributed by atoms with Crippen molar-refractivity contribution in [3.8, 4) is 22.4 Å². The van der Waals surface area contributed by atoms with Crippen LogP contribution in [0.25, 0.3) is 32.5 Å². The topological polar surface area (TPSA) is 47.8 Å². The Labute approximate surface area is 147 Å². The van der Waals surface area contributed by atoms with Crippen molar-refractivity contribution in [2.24, 2.45) is 7.05 Å². The van der Waals surface area contributed by atoms with E-state index < -0.39 is 0 Å². The van der Waals surface area contributed by atoms with E-state index in [9.17, 15) is 4.79 Å². The Hall–Kier alpha value is -2.50. The molecular formula is C18H12ClN3OS. The third-order valence-corrected chi connectivity index (χ3v) is 5.11. The summed E-state index contributed by atoms with van der Waals surface area (Å²) < 4.78 is 2.27. The minimum atomic E-state index is -0.101. The highest BCUT2D eigenvalue weighted by molar-refractivity contribution is 7.18. The smallest absolute Gasteiger partial charge is 0.267 e. The maximum Gasteiger partial charge on any atom is 0.275 e. The number of rotatable bonds is 2. The number of halogens is 1. The van der Waals surface area contributed by atoms with Gasteiger partial charge in [0, 0.05) is 41.0 Å². The highest BCUT2D eigenvalue weighted by atomic mass is 35.5. The lowest BCUT2D eigenvalue weighted by atomic mass is 10.1. The van der Waals surface area contributed by atoms with Crippen LogP contribution in [0.1, 0.15) is 0 Å². The van der Waals surface area contributed by atoms with Gasteiger partial charge in [-0.25, -0.2) is 4.68 Å². The van der Waals surface area contributed by atoms with Gasteiger partial charge in [0.05, 0.1) is 10.1 Å². The molecule has 0 radical (unpaired) electrons. The van der Waals surface area contributed by atoms with Gasteiger partial charge < -0.3 is 0 Å². The number of aromatic nitrogens is 3. The summed E-state index contributed by atoms with van der Waals surface area (Å²) in [5.41, 5.74) is 3.50. The second kappa shape index (κ2) is 5.85. The first-order chi connectivity index (χ1) is 11.6. The first kappa shape index (κ1) is 15.1. The van der Waals surface area contributed by atoms with Gasteiger partial charge in [-0.2, -0.15) is 5.10 Å². The summed E-state index contributed by atoms with van der Waals surface area (Å²) in [6, 6.07) is 11.3. The lowest BCUT2D eigenvalue weighted by Crippen LogP contribution is -2.20. The molecular weight excluding hydrogens is 342 g/mol. The molecule has 0 aliphatic rings. The van der Waals surface area contributed by atoms with E-state index in [1.54, 1.807) is 19.4 Å². The van der Waals surface area contributed by atoms with E-state index in [0.29, 0.717) is 10.4 Å². The van der Waals surface area contributed by atoms with Gasteiger partial charge in [0.1, 0.15) is 5.69 Å². The number of thiophene rings is 1. The minimum absolute atomic E-state index is 0.101. The molecule has 0 saturated carbocycles. The molecule has 118 valence electrons. The Morgan fingerprint density at radius 2 is 1.75 bits per heavy atom. The van der Waals surface area contributed by atoms with Crippen LogP contribution in [-0.4, -0.2) is 14.8 Å². The van der Waals surface area contributed by atoms with E-state index >= 15 is 0 Å². The maximum atomic E-state index is 12.7. The van der Waals surface area contributed by atoms with Gasteiger partial charge in [-0.3, -0.25) is 9.78 Å². The van der Waals surface area contributed by atoms with Crippen molar-refractivity contribution >= 4 is 33.0 Å². The Bertz CT molecular complexity index is 1090. The average Bonchev–Trinajstić information content (AvgIpc) is 3.05. The van der Waals surface area contributed by atoms with Crippen LogP contribution in [0.15, 0.2) is 59.0 Å². The summed E-state index contributed by atoms with van der Waals surface area (Å²) in [5, 5.41) is 7.83. The standard InChI is InChI=1S/C18H12ClN3OS/c1-22-18(23)15-14(11-6-8-20-9-7-11)10-24-17(15)16(21-22)12-2-4-13(19)5-3-12/h2-10H,1H3. The van der Waals surface area contributed by atoms with Crippen molar-refractivity contribution in [2.75, 3.05) is 0 Å². The van der Waals surface area contributed by atoms with Gasteiger partial charge in [-0.15, -0.1) is 11.3 Å². The quantitative estimate of drug-likeness (QED) is 0.537. The predicted molar refractivity (Wildman–Crippen MR) is 98.5 cm³/mol. The monoisotopic (exact) mass is 353 g/mol. The van der Waals surface area contributed by atoms with Crippen molar-refractivity contribution in [3.63, 3.8) is 0 Å². The van der Waals surface area contributed by atoms with Gasteiger partial charge in [-0.1, -0.05) is 23.7 Å². The van der Waals surface area contributed by atoms with Crippen LogP contribution in [0.4, 0.5) is 0 Å². The number of hydrogen-bond acceptors (Lipinski definition) is 4. The number of benzene rings is 1. The fraction of sp³-hybridized carbons (Fsp3) is 0.0556. The van der Waals surface area contributed by atoms with E-state index in [1.165, 1.54) is 16.0 Å². The SMILES string of the molecule is Cn1nc(-c2ccc(Cl)cc2)c2scc(-c3ccncc3)c2c1=O. The van der Waals surface area contributed by atoms with E-state index in [1.807, 2.05) is 41.8 Å². The summed E-state index contributed by atoms with van der Waals surface area (Å²) in [4.78, 5) is 16.7. The highest BCUT2D eigenvalue weighted by Gasteiger charge is 2.17. The molecule has 0 unspecified atom stereocenters. The molecule has 3 aromatic heterocycles. The fourth-order valence-corrected chi connectivity index (χ4v) is 3.89. The fourth-order valence-electron chi connectivity index (χ4n) is 2.69. The highest BCUT2D eigenvalue weighted by Crippen LogP contribution is 2.36. The number of pyridine rings is 1. The summed E-state index contributed by atoms with van der Waals surface area (Å²) in [7, 11) is 1.68. The number of nitrogens with zero attached hydrogens (tertiary/aromatic N) is 3. The Morgan fingerprint density at radius 3 is 2.46 bits per heavy atom. The molecule has 0 spiro atoms. The molecule has 0 saturated heterocycles. The number of hydrogen-bond donors (Lipinski definition) is 0. The number of fused-ring (bicyclic) bond motifs is 1. The van der Waals surface area contributed by atoms with Gasteiger partial charge in [-0.05, 0) is 29.8 Å². The van der Waals surface area contributed by atoms with E-state index in [4.69, 9.17) is 11.6 Å². The van der Waals surface area contributed by atoms with Crippen molar-refractivity contribution in [3.05, 3.63) is 69.5 Å². The molecule has 24 heavy (non-hydrogen) atoms. The minimum Gasteiger partial charge on any atom is -0.267 e. The van der Waals surface area contributed by atoms with Crippen LogP contribution in [0.2, 0.25) is 5.02 Å². The third-order valence-electron chi connectivity index (χ3n) is 3.87. The summed E-state index contributed by atoms with van der Waals surface area (Å²) in [6.45, 7) is 0. The molecule has 0 amide bonds. The van der Waals surface area contributed by atoms with E-state index in [-0.39, 0.29) is 5.56 Å². The summed E-state index contributed by atoms with van der Waals surface area (Å²) in [6.07, 6.45) is 3.45. The van der Waals surface area contributed by atoms with Crippen LogP contribution in [-0.2, 0) is 7.05 Å². The molecule has 1 aromatic carbocycles. The van der Waals surface area contributed by atoms with Crippen LogP contribution in [0.3, 0.4) is 0 Å². The lowest BCUT2D eigenvalue weighted by Gasteiger charge is -2.07. The summed E-state index contributed by atoms with van der Waals surface area (Å²) >= 11 is 7.51. The molecule has 4 nitrogen and oxygen atoms in total.